The van der Waals surface area contributed by atoms with Crippen LogP contribution in [-0.4, -0.2) is 31.6 Å². The van der Waals surface area contributed by atoms with Gasteiger partial charge in [0, 0.05) is 19.0 Å². The van der Waals surface area contributed by atoms with Gasteiger partial charge in [-0.2, -0.15) is 0 Å². The van der Waals surface area contributed by atoms with Crippen molar-refractivity contribution in [3.05, 3.63) is 35.4 Å². The van der Waals surface area contributed by atoms with E-state index in [9.17, 15) is 9.59 Å². The first-order chi connectivity index (χ1) is 9.52. The Morgan fingerprint density at radius 1 is 1.29 bits per heavy atom. The highest BCUT2D eigenvalue weighted by Crippen LogP contribution is 2.06. The fourth-order valence-electron chi connectivity index (χ4n) is 1.72. The van der Waals surface area contributed by atoms with Gasteiger partial charge < -0.3 is 15.8 Å². The van der Waals surface area contributed by atoms with Crippen molar-refractivity contribution in [2.24, 2.45) is 5.73 Å². The topological polar surface area (TPSA) is 81.4 Å². The van der Waals surface area contributed by atoms with Crippen molar-refractivity contribution in [3.8, 4) is 0 Å². The summed E-state index contributed by atoms with van der Waals surface area (Å²) in [7, 11) is 1.36. The molecule has 118 valence electrons. The van der Waals surface area contributed by atoms with Crippen molar-refractivity contribution < 1.29 is 14.3 Å². The fraction of sp³-hybridized carbons (Fsp3) is 0.467. The number of halogens is 1. The van der Waals surface area contributed by atoms with Gasteiger partial charge in [0.15, 0.2) is 0 Å². The minimum atomic E-state index is -0.347. The maximum Gasteiger partial charge on any atom is 0.337 e. The van der Waals surface area contributed by atoms with Crippen LogP contribution in [0.2, 0.25) is 0 Å². The van der Waals surface area contributed by atoms with Gasteiger partial charge in [0.1, 0.15) is 0 Å². The molecule has 0 aliphatic carbocycles. The smallest absolute Gasteiger partial charge is 0.337 e. The van der Waals surface area contributed by atoms with E-state index in [4.69, 9.17) is 5.73 Å². The van der Waals surface area contributed by atoms with Gasteiger partial charge in [-0.05, 0) is 37.5 Å². The summed E-state index contributed by atoms with van der Waals surface area (Å²) in [6.45, 7) is 2.46. The molecule has 0 saturated carbocycles. The number of carbonyl (C=O) groups is 2. The molecule has 3 N–H and O–H groups in total. The molecule has 6 heteroatoms. The number of carbonyl (C=O) groups excluding carboxylic acids is 2. The first kappa shape index (κ1) is 19.4. The maximum atomic E-state index is 11.5. The van der Waals surface area contributed by atoms with E-state index < -0.39 is 0 Å². The standard InChI is InChI=1S/C15H22N2O3.ClH/c1-11(16)3-8-14(18)17-10-9-12-4-6-13(7-5-12)15(19)20-2;/h4-7,11H,3,8-10,16H2,1-2H3,(H,17,18);1H. The van der Waals surface area contributed by atoms with Crippen LogP contribution in [0, 0.1) is 0 Å². The van der Waals surface area contributed by atoms with Gasteiger partial charge in [0.05, 0.1) is 12.7 Å². The van der Waals surface area contributed by atoms with Crippen molar-refractivity contribution in [2.75, 3.05) is 13.7 Å². The molecule has 0 spiro atoms. The van der Waals surface area contributed by atoms with Gasteiger partial charge in [-0.3, -0.25) is 4.79 Å². The lowest BCUT2D eigenvalue weighted by Crippen LogP contribution is -2.27. The molecule has 0 saturated heterocycles. The van der Waals surface area contributed by atoms with Crippen LogP contribution in [0.25, 0.3) is 0 Å². The normalized spacial score (nSPS) is 11.2. The number of ether oxygens (including phenoxy) is 1. The Morgan fingerprint density at radius 3 is 2.43 bits per heavy atom. The summed E-state index contributed by atoms with van der Waals surface area (Å²) in [5, 5.41) is 2.85. The van der Waals surface area contributed by atoms with E-state index in [1.165, 1.54) is 7.11 Å². The van der Waals surface area contributed by atoms with Crippen LogP contribution in [0.1, 0.15) is 35.7 Å². The monoisotopic (exact) mass is 314 g/mol. The second-order valence-electron chi connectivity index (χ2n) is 4.80. The summed E-state index contributed by atoms with van der Waals surface area (Å²) < 4.78 is 4.63. The summed E-state index contributed by atoms with van der Waals surface area (Å²) in [5.41, 5.74) is 7.18. The number of esters is 1. The Kier molecular flexibility index (Phi) is 9.41. The lowest BCUT2D eigenvalue weighted by molar-refractivity contribution is -0.121. The van der Waals surface area contributed by atoms with Crippen molar-refractivity contribution in [1.29, 1.82) is 0 Å². The molecule has 1 aromatic carbocycles. The molecule has 5 nitrogen and oxygen atoms in total. The third-order valence-corrected chi connectivity index (χ3v) is 2.94. The Morgan fingerprint density at radius 2 is 1.90 bits per heavy atom. The molecular weight excluding hydrogens is 292 g/mol. The second-order valence-corrected chi connectivity index (χ2v) is 4.80. The van der Waals surface area contributed by atoms with Crippen molar-refractivity contribution in [1.82, 2.24) is 5.32 Å². The molecule has 0 aliphatic heterocycles. The predicted octanol–water partition coefficient (Wildman–Crippen LogP) is 1.68. The Labute approximate surface area is 131 Å². The largest absolute Gasteiger partial charge is 0.465 e. The third-order valence-electron chi connectivity index (χ3n) is 2.94. The molecule has 0 heterocycles. The minimum absolute atomic E-state index is 0. The van der Waals surface area contributed by atoms with E-state index in [1.807, 2.05) is 19.1 Å². The second kappa shape index (κ2) is 10.2. The molecule has 0 aromatic heterocycles. The average molecular weight is 315 g/mol. The third kappa shape index (κ3) is 7.68. The van der Waals surface area contributed by atoms with E-state index in [0.29, 0.717) is 24.9 Å². The van der Waals surface area contributed by atoms with Crippen LogP contribution in [0.4, 0.5) is 0 Å². The van der Waals surface area contributed by atoms with E-state index in [2.05, 4.69) is 10.1 Å². The Balaban J connectivity index is 0.00000400. The number of hydrogen-bond acceptors (Lipinski definition) is 4. The quantitative estimate of drug-likeness (QED) is 0.750. The lowest BCUT2D eigenvalue weighted by Gasteiger charge is -2.07. The summed E-state index contributed by atoms with van der Waals surface area (Å²) in [6.07, 6.45) is 1.88. The van der Waals surface area contributed by atoms with E-state index >= 15 is 0 Å². The average Bonchev–Trinajstić information content (AvgIpc) is 2.45. The molecule has 1 amide bonds. The number of amides is 1. The van der Waals surface area contributed by atoms with Crippen LogP contribution in [0.5, 0.6) is 0 Å². The van der Waals surface area contributed by atoms with Crippen LogP contribution in [-0.2, 0) is 16.0 Å². The summed E-state index contributed by atoms with van der Waals surface area (Å²) in [6, 6.07) is 7.21. The van der Waals surface area contributed by atoms with Gasteiger partial charge in [-0.25, -0.2) is 4.79 Å². The summed E-state index contributed by atoms with van der Waals surface area (Å²) >= 11 is 0. The molecule has 0 aliphatic rings. The van der Waals surface area contributed by atoms with Gasteiger partial charge in [0.25, 0.3) is 0 Å². The minimum Gasteiger partial charge on any atom is -0.465 e. The van der Waals surface area contributed by atoms with Crippen LogP contribution < -0.4 is 11.1 Å². The number of hydrogen-bond donors (Lipinski definition) is 2. The number of methoxy groups -OCH3 is 1. The van der Waals surface area contributed by atoms with Crippen LogP contribution >= 0.6 is 12.4 Å². The molecule has 1 unspecified atom stereocenters. The zero-order valence-electron chi connectivity index (χ0n) is 12.4. The zero-order valence-corrected chi connectivity index (χ0v) is 13.2. The molecule has 0 bridgehead atoms. The van der Waals surface area contributed by atoms with Crippen LogP contribution in [0.3, 0.4) is 0 Å². The first-order valence-electron chi connectivity index (χ1n) is 6.72. The van der Waals surface area contributed by atoms with Gasteiger partial charge in [-0.1, -0.05) is 12.1 Å². The fourth-order valence-corrected chi connectivity index (χ4v) is 1.72. The van der Waals surface area contributed by atoms with Crippen molar-refractivity contribution in [3.63, 3.8) is 0 Å². The van der Waals surface area contributed by atoms with E-state index in [1.54, 1.807) is 12.1 Å². The number of benzene rings is 1. The van der Waals surface area contributed by atoms with E-state index in [-0.39, 0.29) is 30.3 Å². The Hall–Kier alpha value is -1.59. The summed E-state index contributed by atoms with van der Waals surface area (Å²) in [5.74, 6) is -0.325. The Bertz CT molecular complexity index is 447. The maximum absolute atomic E-state index is 11.5. The highest BCUT2D eigenvalue weighted by Gasteiger charge is 2.05. The SMILES string of the molecule is COC(=O)c1ccc(CCNC(=O)CCC(C)N)cc1.Cl. The molecule has 0 fully saturated rings. The first-order valence-corrected chi connectivity index (χ1v) is 6.72. The van der Waals surface area contributed by atoms with Crippen molar-refractivity contribution >= 4 is 24.3 Å². The van der Waals surface area contributed by atoms with Crippen molar-refractivity contribution in [2.45, 2.75) is 32.2 Å². The molecule has 0 radical (unpaired) electrons. The van der Waals surface area contributed by atoms with Crippen LogP contribution in [0.15, 0.2) is 24.3 Å². The molecule has 1 atom stereocenters. The predicted molar refractivity (Wildman–Crippen MR) is 84.6 cm³/mol. The zero-order chi connectivity index (χ0) is 15.0. The molecule has 1 rings (SSSR count). The summed E-state index contributed by atoms with van der Waals surface area (Å²) in [4.78, 5) is 22.8. The van der Waals surface area contributed by atoms with Gasteiger partial charge in [-0.15, -0.1) is 12.4 Å². The highest BCUT2D eigenvalue weighted by molar-refractivity contribution is 5.89. The lowest BCUT2D eigenvalue weighted by atomic mass is 10.1. The number of rotatable bonds is 7. The van der Waals surface area contributed by atoms with Gasteiger partial charge >= 0.3 is 5.97 Å². The van der Waals surface area contributed by atoms with Gasteiger partial charge in [0.2, 0.25) is 5.91 Å². The number of nitrogens with one attached hydrogen (secondary N) is 1. The molecule has 1 aromatic rings. The van der Waals surface area contributed by atoms with E-state index in [0.717, 1.165) is 12.0 Å². The molecular formula is C15H23ClN2O3. The molecule has 21 heavy (non-hydrogen) atoms. The highest BCUT2D eigenvalue weighted by atomic mass is 35.5. The number of nitrogens with two attached hydrogens (primary N) is 1.